The molecule has 0 radical (unpaired) electrons. The Morgan fingerprint density at radius 1 is 1.24 bits per heavy atom. The third-order valence-electron chi connectivity index (χ3n) is 3.81. The monoisotopic (exact) mass is 312 g/mol. The van der Waals surface area contributed by atoms with Crippen molar-refractivity contribution in [2.45, 2.75) is 33.2 Å². The number of benzene rings is 1. The zero-order valence-electron chi connectivity index (χ0n) is 12.9. The maximum atomic E-state index is 12.5. The first-order valence-electron chi connectivity index (χ1n) is 6.49. The van der Waals surface area contributed by atoms with Crippen molar-refractivity contribution in [2.75, 3.05) is 12.4 Å². The minimum atomic E-state index is -0.845. The third-order valence-corrected chi connectivity index (χ3v) is 4.05. The van der Waals surface area contributed by atoms with Crippen LogP contribution in [0.4, 0.5) is 5.69 Å². The van der Waals surface area contributed by atoms with E-state index in [1.807, 2.05) is 0 Å². The molecule has 6 heteroatoms. The average Bonchev–Trinajstić information content (AvgIpc) is 2.36. The number of hydrogen-bond donors (Lipinski definition) is 2. The zero-order valence-corrected chi connectivity index (χ0v) is 13.7. The van der Waals surface area contributed by atoms with Crippen LogP contribution in [-0.2, 0) is 9.53 Å². The van der Waals surface area contributed by atoms with Gasteiger partial charge in [0.05, 0.1) is 23.8 Å². The molecule has 1 aromatic rings. The molecule has 0 aromatic heterocycles. The lowest BCUT2D eigenvalue weighted by atomic mass is 9.74. The van der Waals surface area contributed by atoms with Gasteiger partial charge < -0.3 is 15.8 Å². The van der Waals surface area contributed by atoms with Crippen LogP contribution in [0, 0.1) is 5.41 Å². The smallest absolute Gasteiger partial charge is 0.339 e. The Balaban J connectivity index is 3.16. The average molecular weight is 313 g/mol. The van der Waals surface area contributed by atoms with Crippen LogP contribution in [0.5, 0.6) is 0 Å². The van der Waals surface area contributed by atoms with Gasteiger partial charge in [0.25, 0.3) is 0 Å². The van der Waals surface area contributed by atoms with Gasteiger partial charge in [-0.3, -0.25) is 4.79 Å². The Morgan fingerprint density at radius 2 is 1.81 bits per heavy atom. The largest absolute Gasteiger partial charge is 0.465 e. The molecular weight excluding hydrogens is 292 g/mol. The second-order valence-electron chi connectivity index (χ2n) is 5.98. The van der Waals surface area contributed by atoms with Gasteiger partial charge >= 0.3 is 5.97 Å². The molecule has 0 aliphatic rings. The van der Waals surface area contributed by atoms with Crippen LogP contribution in [0.3, 0.4) is 0 Å². The van der Waals surface area contributed by atoms with Crippen molar-refractivity contribution < 1.29 is 14.3 Å². The van der Waals surface area contributed by atoms with Gasteiger partial charge in [0.15, 0.2) is 0 Å². The topological polar surface area (TPSA) is 81.4 Å². The van der Waals surface area contributed by atoms with Gasteiger partial charge in [-0.25, -0.2) is 4.79 Å². The van der Waals surface area contributed by atoms with Gasteiger partial charge in [-0.15, -0.1) is 0 Å². The molecule has 0 spiro atoms. The Morgan fingerprint density at radius 3 is 2.29 bits per heavy atom. The number of nitrogens with two attached hydrogens (primary N) is 1. The summed E-state index contributed by atoms with van der Waals surface area (Å²) >= 11 is 5.92. The van der Waals surface area contributed by atoms with E-state index in [0.29, 0.717) is 10.7 Å². The van der Waals surface area contributed by atoms with Crippen LogP contribution in [0.25, 0.3) is 0 Å². The van der Waals surface area contributed by atoms with Crippen molar-refractivity contribution in [1.29, 1.82) is 0 Å². The minimum absolute atomic E-state index is 0.237. The predicted octanol–water partition coefficient (Wildman–Crippen LogP) is 2.83. The van der Waals surface area contributed by atoms with Crippen molar-refractivity contribution in [1.82, 2.24) is 0 Å². The first-order valence-corrected chi connectivity index (χ1v) is 6.86. The molecule has 1 rings (SSSR count). The molecule has 0 fully saturated rings. The van der Waals surface area contributed by atoms with Gasteiger partial charge in [-0.1, -0.05) is 11.6 Å². The standard InChI is InChI=1S/C15H21ClN2O3/c1-14(2,15(3,4)17)13(20)18-11-8-9(16)6-7-10(11)12(19)21-5/h6-8H,17H2,1-5H3,(H,18,20). The molecule has 0 saturated carbocycles. The molecule has 1 aromatic carbocycles. The summed E-state index contributed by atoms with van der Waals surface area (Å²) in [7, 11) is 1.27. The second kappa shape index (κ2) is 6.03. The maximum Gasteiger partial charge on any atom is 0.339 e. The molecule has 0 aliphatic heterocycles. The molecule has 0 aliphatic carbocycles. The Kier molecular flexibility index (Phi) is 5.02. The number of hydrogen-bond acceptors (Lipinski definition) is 4. The summed E-state index contributed by atoms with van der Waals surface area (Å²) in [5, 5.41) is 3.11. The van der Waals surface area contributed by atoms with Gasteiger partial charge in [0.2, 0.25) is 5.91 Å². The van der Waals surface area contributed by atoms with E-state index in [0.717, 1.165) is 0 Å². The quantitative estimate of drug-likeness (QED) is 0.838. The van der Waals surface area contributed by atoms with Crippen molar-refractivity contribution >= 4 is 29.2 Å². The van der Waals surface area contributed by atoms with E-state index < -0.39 is 16.9 Å². The van der Waals surface area contributed by atoms with Crippen molar-refractivity contribution in [3.05, 3.63) is 28.8 Å². The van der Waals surface area contributed by atoms with Crippen LogP contribution in [0.1, 0.15) is 38.1 Å². The van der Waals surface area contributed by atoms with Crippen molar-refractivity contribution in [2.24, 2.45) is 11.1 Å². The lowest BCUT2D eigenvalue weighted by Gasteiger charge is -2.37. The number of esters is 1. The summed E-state index contributed by atoms with van der Waals surface area (Å²) in [5.41, 5.74) is 5.00. The molecule has 21 heavy (non-hydrogen) atoms. The van der Waals surface area contributed by atoms with Crippen LogP contribution >= 0.6 is 11.6 Å². The molecular formula is C15H21ClN2O3. The number of rotatable bonds is 4. The van der Waals surface area contributed by atoms with Gasteiger partial charge in [0.1, 0.15) is 0 Å². The van der Waals surface area contributed by atoms with Crippen LogP contribution in [-0.4, -0.2) is 24.5 Å². The lowest BCUT2D eigenvalue weighted by molar-refractivity contribution is -0.126. The van der Waals surface area contributed by atoms with Gasteiger partial charge in [-0.2, -0.15) is 0 Å². The SMILES string of the molecule is COC(=O)c1ccc(Cl)cc1NC(=O)C(C)(C)C(C)(C)N. The minimum Gasteiger partial charge on any atom is -0.465 e. The van der Waals surface area contributed by atoms with E-state index in [1.165, 1.54) is 19.2 Å². The molecule has 0 atom stereocenters. The van der Waals surface area contributed by atoms with E-state index in [2.05, 4.69) is 5.32 Å². The summed E-state index contributed by atoms with van der Waals surface area (Å²) in [6, 6.07) is 4.57. The lowest BCUT2D eigenvalue weighted by Crippen LogP contribution is -2.53. The van der Waals surface area contributed by atoms with Crippen LogP contribution < -0.4 is 11.1 Å². The van der Waals surface area contributed by atoms with Crippen LogP contribution in [0.15, 0.2) is 18.2 Å². The highest BCUT2D eigenvalue weighted by Gasteiger charge is 2.40. The Hall–Kier alpha value is -1.59. The predicted molar refractivity (Wildman–Crippen MR) is 83.5 cm³/mol. The first kappa shape index (κ1) is 17.5. The fourth-order valence-corrected chi connectivity index (χ4v) is 1.65. The number of anilines is 1. The number of ether oxygens (including phenoxy) is 1. The van der Waals surface area contributed by atoms with E-state index in [1.54, 1.807) is 33.8 Å². The summed E-state index contributed by atoms with van der Waals surface area (Å²) < 4.78 is 4.69. The molecule has 0 saturated heterocycles. The van der Waals surface area contributed by atoms with E-state index in [4.69, 9.17) is 22.1 Å². The van der Waals surface area contributed by atoms with Crippen molar-refractivity contribution in [3.8, 4) is 0 Å². The molecule has 3 N–H and O–H groups in total. The van der Waals surface area contributed by atoms with Gasteiger partial charge in [-0.05, 0) is 45.9 Å². The highest BCUT2D eigenvalue weighted by atomic mass is 35.5. The summed E-state index contributed by atoms with van der Waals surface area (Å²) in [6.45, 7) is 7.02. The fourth-order valence-electron chi connectivity index (χ4n) is 1.48. The highest BCUT2D eigenvalue weighted by Crippen LogP contribution is 2.31. The third kappa shape index (κ3) is 3.74. The molecule has 0 bridgehead atoms. The van der Waals surface area contributed by atoms with E-state index in [9.17, 15) is 9.59 Å². The number of carbonyl (C=O) groups excluding carboxylic acids is 2. The van der Waals surface area contributed by atoms with E-state index in [-0.39, 0.29) is 11.5 Å². The molecule has 116 valence electrons. The summed E-state index contributed by atoms with van der Waals surface area (Å²) in [5.74, 6) is -0.853. The normalized spacial score (nSPS) is 12.0. The number of nitrogens with one attached hydrogen (secondary N) is 1. The number of halogens is 1. The number of amides is 1. The van der Waals surface area contributed by atoms with Gasteiger partial charge in [0, 0.05) is 10.6 Å². The summed E-state index contributed by atoms with van der Waals surface area (Å²) in [4.78, 5) is 24.2. The van der Waals surface area contributed by atoms with E-state index >= 15 is 0 Å². The highest BCUT2D eigenvalue weighted by molar-refractivity contribution is 6.31. The molecule has 0 heterocycles. The number of carbonyl (C=O) groups is 2. The fraction of sp³-hybridized carbons (Fsp3) is 0.467. The second-order valence-corrected chi connectivity index (χ2v) is 6.42. The van der Waals surface area contributed by atoms with Crippen LogP contribution in [0.2, 0.25) is 5.02 Å². The maximum absolute atomic E-state index is 12.5. The molecule has 5 nitrogen and oxygen atoms in total. The first-order chi connectivity index (χ1) is 9.50. The molecule has 1 amide bonds. The Bertz CT molecular complexity index is 563. The van der Waals surface area contributed by atoms with Crippen molar-refractivity contribution in [3.63, 3.8) is 0 Å². The molecule has 0 unspecified atom stereocenters. The zero-order chi connectivity index (χ0) is 16.4. The summed E-state index contributed by atoms with van der Waals surface area (Å²) in [6.07, 6.45) is 0. The number of methoxy groups -OCH3 is 1. The Labute approximate surface area is 129 Å².